The molecule has 15 heavy (non-hydrogen) atoms. The Morgan fingerprint density at radius 1 is 1.00 bits per heavy atom. The third-order valence-electron chi connectivity index (χ3n) is 3.63. The van der Waals surface area contributed by atoms with E-state index in [2.05, 4.69) is 13.8 Å². The summed E-state index contributed by atoms with van der Waals surface area (Å²) >= 11 is 0. The van der Waals surface area contributed by atoms with Crippen molar-refractivity contribution in [2.24, 2.45) is 11.8 Å². The molecule has 0 aromatic rings. The van der Waals surface area contributed by atoms with Gasteiger partial charge in [-0.1, -0.05) is 52.4 Å². The molecule has 0 amide bonds. The molecular formula is C14H26O. The number of hydrogen-bond donors (Lipinski definition) is 0. The van der Waals surface area contributed by atoms with Gasteiger partial charge in [0.1, 0.15) is 5.78 Å². The number of unbranched alkanes of at least 4 members (excludes halogenated alkanes) is 2. The molecule has 88 valence electrons. The van der Waals surface area contributed by atoms with Crippen molar-refractivity contribution in [2.45, 2.75) is 71.6 Å². The van der Waals surface area contributed by atoms with E-state index in [4.69, 9.17) is 0 Å². The summed E-state index contributed by atoms with van der Waals surface area (Å²) in [7, 11) is 0. The Morgan fingerprint density at radius 2 is 1.47 bits per heavy atom. The highest BCUT2D eigenvalue weighted by atomic mass is 16.1. The van der Waals surface area contributed by atoms with Crippen LogP contribution in [0.5, 0.6) is 0 Å². The zero-order chi connectivity index (χ0) is 11.1. The molecule has 1 saturated carbocycles. The minimum atomic E-state index is 0.531. The van der Waals surface area contributed by atoms with Crippen molar-refractivity contribution in [2.75, 3.05) is 0 Å². The first-order valence-electron chi connectivity index (χ1n) is 6.77. The molecule has 0 saturated heterocycles. The Labute approximate surface area is 94.6 Å². The van der Waals surface area contributed by atoms with Crippen LogP contribution in [0.4, 0.5) is 0 Å². The first kappa shape index (κ1) is 12.7. The van der Waals surface area contributed by atoms with Crippen molar-refractivity contribution in [1.82, 2.24) is 0 Å². The highest BCUT2D eigenvalue weighted by molar-refractivity contribution is 5.79. The number of Topliss-reactive ketones (excluding diaryl/α,β-unsaturated/α-hetero) is 1. The van der Waals surface area contributed by atoms with Gasteiger partial charge in [0.05, 0.1) is 0 Å². The molecule has 0 aromatic carbocycles. The van der Waals surface area contributed by atoms with Crippen LogP contribution in [-0.2, 0) is 4.79 Å². The van der Waals surface area contributed by atoms with Crippen molar-refractivity contribution in [3.8, 4) is 0 Å². The van der Waals surface area contributed by atoms with E-state index >= 15 is 0 Å². The van der Waals surface area contributed by atoms with Crippen LogP contribution >= 0.6 is 0 Å². The van der Waals surface area contributed by atoms with E-state index in [1.165, 1.54) is 44.9 Å². The summed E-state index contributed by atoms with van der Waals surface area (Å²) in [5.41, 5.74) is 0. The van der Waals surface area contributed by atoms with E-state index < -0.39 is 0 Å². The van der Waals surface area contributed by atoms with Gasteiger partial charge in [-0.2, -0.15) is 0 Å². The highest BCUT2D eigenvalue weighted by Gasteiger charge is 2.26. The van der Waals surface area contributed by atoms with Gasteiger partial charge in [0.2, 0.25) is 0 Å². The number of hydrogen-bond acceptors (Lipinski definition) is 1. The third-order valence-corrected chi connectivity index (χ3v) is 3.63. The summed E-state index contributed by atoms with van der Waals surface area (Å²) in [5, 5.41) is 0. The van der Waals surface area contributed by atoms with Crippen LogP contribution in [0.15, 0.2) is 0 Å². The van der Waals surface area contributed by atoms with E-state index in [0.717, 1.165) is 12.8 Å². The third kappa shape index (κ3) is 4.81. The second-order valence-corrected chi connectivity index (χ2v) is 5.20. The maximum Gasteiger partial charge on any atom is 0.133 e. The van der Waals surface area contributed by atoms with E-state index in [1.54, 1.807) is 0 Å². The molecule has 1 aliphatic rings. The Bertz CT molecular complexity index is 168. The maximum absolute atomic E-state index is 11.6. The lowest BCUT2D eigenvalue weighted by Crippen LogP contribution is -2.22. The first-order chi connectivity index (χ1) is 7.26. The maximum atomic E-state index is 11.6. The molecule has 0 N–H and O–H groups in total. The second-order valence-electron chi connectivity index (χ2n) is 5.20. The van der Waals surface area contributed by atoms with Gasteiger partial charge in [-0.25, -0.2) is 0 Å². The molecule has 1 rings (SSSR count). The quantitative estimate of drug-likeness (QED) is 0.637. The average molecular weight is 210 g/mol. The molecule has 0 aromatic heterocycles. The fourth-order valence-corrected chi connectivity index (χ4v) is 2.79. The molecule has 0 aliphatic heterocycles. The van der Waals surface area contributed by atoms with Crippen molar-refractivity contribution >= 4 is 5.78 Å². The number of rotatable bonds is 6. The van der Waals surface area contributed by atoms with E-state index in [-0.39, 0.29) is 0 Å². The van der Waals surface area contributed by atoms with Crippen LogP contribution in [-0.4, -0.2) is 5.78 Å². The molecule has 1 aliphatic carbocycles. The monoisotopic (exact) mass is 210 g/mol. The molecule has 2 atom stereocenters. The lowest BCUT2D eigenvalue weighted by atomic mass is 9.76. The molecular weight excluding hydrogens is 184 g/mol. The minimum absolute atomic E-state index is 0.531. The number of carbonyl (C=O) groups is 1. The standard InChI is InChI=1S/C14H26O/c1-3-5-7-12-9-13(8-6-4-2)11-14(15)10-12/h12-13H,3-11H2,1-2H3. The van der Waals surface area contributed by atoms with Gasteiger partial charge in [-0.15, -0.1) is 0 Å². The first-order valence-corrected chi connectivity index (χ1v) is 6.77. The fourth-order valence-electron chi connectivity index (χ4n) is 2.79. The lowest BCUT2D eigenvalue weighted by Gasteiger charge is -2.28. The van der Waals surface area contributed by atoms with Gasteiger partial charge in [0, 0.05) is 12.8 Å². The summed E-state index contributed by atoms with van der Waals surface area (Å²) in [6, 6.07) is 0. The predicted molar refractivity (Wildman–Crippen MR) is 64.9 cm³/mol. The Balaban J connectivity index is 2.30. The largest absolute Gasteiger partial charge is 0.300 e. The minimum Gasteiger partial charge on any atom is -0.300 e. The van der Waals surface area contributed by atoms with E-state index in [1.807, 2.05) is 0 Å². The lowest BCUT2D eigenvalue weighted by molar-refractivity contribution is -0.123. The summed E-state index contributed by atoms with van der Waals surface area (Å²) in [6.45, 7) is 4.47. The number of carbonyl (C=O) groups excluding carboxylic acids is 1. The van der Waals surface area contributed by atoms with Gasteiger partial charge in [0.25, 0.3) is 0 Å². The normalized spacial score (nSPS) is 26.9. The Hall–Kier alpha value is -0.330. The average Bonchev–Trinajstić information content (AvgIpc) is 2.23. The summed E-state index contributed by atoms with van der Waals surface area (Å²) in [5.74, 6) is 1.96. The number of ketones is 1. The summed E-state index contributed by atoms with van der Waals surface area (Å²) in [4.78, 5) is 11.6. The van der Waals surface area contributed by atoms with Crippen molar-refractivity contribution in [3.63, 3.8) is 0 Å². The molecule has 2 unspecified atom stereocenters. The summed E-state index contributed by atoms with van der Waals surface area (Å²) < 4.78 is 0. The predicted octanol–water partition coefficient (Wildman–Crippen LogP) is 4.35. The van der Waals surface area contributed by atoms with Gasteiger partial charge in [-0.05, 0) is 18.3 Å². The van der Waals surface area contributed by atoms with Crippen LogP contribution in [0, 0.1) is 11.8 Å². The van der Waals surface area contributed by atoms with Crippen molar-refractivity contribution in [3.05, 3.63) is 0 Å². The summed E-state index contributed by atoms with van der Waals surface area (Å²) in [6.07, 6.45) is 10.8. The second kappa shape index (κ2) is 7.03. The molecule has 1 fully saturated rings. The van der Waals surface area contributed by atoms with Gasteiger partial charge in [0.15, 0.2) is 0 Å². The van der Waals surface area contributed by atoms with Crippen molar-refractivity contribution in [1.29, 1.82) is 0 Å². The molecule has 0 heterocycles. The van der Waals surface area contributed by atoms with Crippen LogP contribution in [0.25, 0.3) is 0 Å². The highest BCUT2D eigenvalue weighted by Crippen LogP contribution is 2.32. The topological polar surface area (TPSA) is 17.1 Å². The molecule has 1 heteroatoms. The van der Waals surface area contributed by atoms with Gasteiger partial charge < -0.3 is 0 Å². The van der Waals surface area contributed by atoms with Crippen molar-refractivity contribution < 1.29 is 4.79 Å². The Kier molecular flexibility index (Phi) is 5.97. The van der Waals surface area contributed by atoms with Crippen LogP contribution in [0.1, 0.15) is 71.6 Å². The Morgan fingerprint density at radius 3 is 1.87 bits per heavy atom. The molecule has 0 bridgehead atoms. The van der Waals surface area contributed by atoms with Crippen LogP contribution < -0.4 is 0 Å². The molecule has 1 nitrogen and oxygen atoms in total. The van der Waals surface area contributed by atoms with Gasteiger partial charge in [-0.3, -0.25) is 4.79 Å². The van der Waals surface area contributed by atoms with Gasteiger partial charge >= 0.3 is 0 Å². The smallest absolute Gasteiger partial charge is 0.133 e. The van der Waals surface area contributed by atoms with Crippen LogP contribution in [0.2, 0.25) is 0 Å². The van der Waals surface area contributed by atoms with E-state index in [0.29, 0.717) is 17.6 Å². The fraction of sp³-hybridized carbons (Fsp3) is 0.929. The zero-order valence-corrected chi connectivity index (χ0v) is 10.4. The zero-order valence-electron chi connectivity index (χ0n) is 10.4. The molecule has 0 spiro atoms. The molecule has 0 radical (unpaired) electrons. The van der Waals surface area contributed by atoms with E-state index in [9.17, 15) is 4.79 Å². The van der Waals surface area contributed by atoms with Crippen LogP contribution in [0.3, 0.4) is 0 Å². The SMILES string of the molecule is CCCCC1CC(=O)CC(CCCC)C1.